The van der Waals surface area contributed by atoms with Crippen LogP contribution in [-0.2, 0) is 0 Å². The largest absolute Gasteiger partial charge is 0.454 e. The van der Waals surface area contributed by atoms with Gasteiger partial charge in [-0.15, -0.1) is 0 Å². The predicted molar refractivity (Wildman–Crippen MR) is 184 cm³/mol. The van der Waals surface area contributed by atoms with Gasteiger partial charge in [0.1, 0.15) is 11.1 Å². The molecule has 0 saturated heterocycles. The van der Waals surface area contributed by atoms with Crippen molar-refractivity contribution in [1.29, 1.82) is 0 Å². The van der Waals surface area contributed by atoms with Gasteiger partial charge in [-0.2, -0.15) is 0 Å². The Labute approximate surface area is 259 Å². The fourth-order valence-electron chi connectivity index (χ4n) is 6.34. The highest BCUT2D eigenvalue weighted by Crippen LogP contribution is 2.46. The Morgan fingerprint density at radius 2 is 1.18 bits per heavy atom. The molecule has 0 bridgehead atoms. The SMILES string of the molecule is c1ccc(-c2nc3cc4oc5c(N(c6ccc7ccccc7c6)c6ccccc6-c6ccccc6)cccc5c4cc3o2)cc1. The van der Waals surface area contributed by atoms with Crippen molar-refractivity contribution in [1.82, 2.24) is 4.98 Å². The van der Waals surface area contributed by atoms with Crippen LogP contribution in [0, 0.1) is 0 Å². The van der Waals surface area contributed by atoms with E-state index in [1.54, 1.807) is 0 Å². The average molecular weight is 579 g/mol. The summed E-state index contributed by atoms with van der Waals surface area (Å²) < 4.78 is 13.0. The Kier molecular flexibility index (Phi) is 5.78. The van der Waals surface area contributed by atoms with Crippen molar-refractivity contribution in [3.05, 3.63) is 158 Å². The minimum Gasteiger partial charge on any atom is -0.454 e. The zero-order valence-corrected chi connectivity index (χ0v) is 24.2. The van der Waals surface area contributed by atoms with Crippen LogP contribution in [0.15, 0.2) is 167 Å². The molecule has 0 fully saturated rings. The second-order valence-corrected chi connectivity index (χ2v) is 11.2. The van der Waals surface area contributed by atoms with Crippen LogP contribution in [0.25, 0.3) is 66.4 Å². The molecule has 0 atom stereocenters. The Morgan fingerprint density at radius 3 is 2.02 bits per heavy atom. The molecule has 0 unspecified atom stereocenters. The number of hydrogen-bond acceptors (Lipinski definition) is 4. The maximum absolute atomic E-state index is 6.74. The number of fused-ring (bicyclic) bond motifs is 5. The van der Waals surface area contributed by atoms with Gasteiger partial charge in [0.05, 0.1) is 11.4 Å². The molecule has 45 heavy (non-hydrogen) atoms. The number of anilines is 3. The highest BCUT2D eigenvalue weighted by Gasteiger charge is 2.23. The van der Waals surface area contributed by atoms with E-state index in [1.807, 2.05) is 36.4 Å². The Bertz CT molecular complexity index is 2490. The van der Waals surface area contributed by atoms with Gasteiger partial charge in [-0.1, -0.05) is 109 Å². The molecule has 4 nitrogen and oxygen atoms in total. The second kappa shape index (κ2) is 10.2. The zero-order valence-electron chi connectivity index (χ0n) is 24.2. The summed E-state index contributed by atoms with van der Waals surface area (Å²) in [6.45, 7) is 0. The normalized spacial score (nSPS) is 11.6. The minimum absolute atomic E-state index is 0.600. The first-order valence-electron chi connectivity index (χ1n) is 15.0. The van der Waals surface area contributed by atoms with E-state index in [4.69, 9.17) is 13.8 Å². The van der Waals surface area contributed by atoms with E-state index in [0.717, 1.165) is 66.8 Å². The molecule has 2 heterocycles. The lowest BCUT2D eigenvalue weighted by molar-refractivity contribution is 0.620. The number of aromatic nitrogens is 1. The summed E-state index contributed by atoms with van der Waals surface area (Å²) in [6.07, 6.45) is 0. The van der Waals surface area contributed by atoms with Crippen LogP contribution < -0.4 is 4.90 Å². The van der Waals surface area contributed by atoms with Gasteiger partial charge in [-0.25, -0.2) is 4.98 Å². The number of nitrogens with zero attached hydrogens (tertiary/aromatic N) is 2. The maximum Gasteiger partial charge on any atom is 0.227 e. The van der Waals surface area contributed by atoms with Gasteiger partial charge in [-0.05, 0) is 58.8 Å². The van der Waals surface area contributed by atoms with Gasteiger partial charge in [0.25, 0.3) is 0 Å². The van der Waals surface area contributed by atoms with Crippen LogP contribution in [0.3, 0.4) is 0 Å². The predicted octanol–water partition coefficient (Wildman–Crippen LogP) is 11.7. The molecule has 4 heteroatoms. The van der Waals surface area contributed by atoms with Gasteiger partial charge in [0.15, 0.2) is 11.2 Å². The van der Waals surface area contributed by atoms with Crippen molar-refractivity contribution in [3.8, 4) is 22.6 Å². The lowest BCUT2D eigenvalue weighted by Crippen LogP contribution is -2.11. The molecular weight excluding hydrogens is 552 g/mol. The molecule has 2 aromatic heterocycles. The van der Waals surface area contributed by atoms with Crippen LogP contribution in [0.4, 0.5) is 17.1 Å². The van der Waals surface area contributed by atoms with E-state index >= 15 is 0 Å². The van der Waals surface area contributed by atoms with E-state index in [9.17, 15) is 0 Å². The summed E-state index contributed by atoms with van der Waals surface area (Å²) in [5.41, 5.74) is 9.37. The lowest BCUT2D eigenvalue weighted by atomic mass is 10.0. The molecule has 0 N–H and O–H groups in total. The fourth-order valence-corrected chi connectivity index (χ4v) is 6.34. The first-order chi connectivity index (χ1) is 22.3. The molecule has 9 aromatic rings. The number of rotatable bonds is 5. The number of benzene rings is 7. The molecule has 212 valence electrons. The van der Waals surface area contributed by atoms with Crippen LogP contribution in [0.2, 0.25) is 0 Å². The number of para-hydroxylation sites is 2. The standard InChI is InChI=1S/C41H26N2O2/c1-3-13-28(14-4-1)32-18-9-10-20-36(32)43(31-23-22-27-12-7-8-17-30(27)24-31)37-21-11-19-33-34-25-39-35(26-38(34)44-40(33)37)42-41(45-39)29-15-5-2-6-16-29/h1-26H. The van der Waals surface area contributed by atoms with Crippen LogP contribution in [0.5, 0.6) is 0 Å². The monoisotopic (exact) mass is 578 g/mol. The topological polar surface area (TPSA) is 42.4 Å². The maximum atomic E-state index is 6.74. The summed E-state index contributed by atoms with van der Waals surface area (Å²) in [7, 11) is 0. The van der Waals surface area contributed by atoms with Crippen molar-refractivity contribution in [2.24, 2.45) is 0 Å². The highest BCUT2D eigenvalue weighted by molar-refractivity contribution is 6.13. The van der Waals surface area contributed by atoms with Gasteiger partial charge < -0.3 is 13.7 Å². The quantitative estimate of drug-likeness (QED) is 0.204. The van der Waals surface area contributed by atoms with E-state index < -0.39 is 0 Å². The Morgan fingerprint density at radius 1 is 0.467 bits per heavy atom. The summed E-state index contributed by atoms with van der Waals surface area (Å²) in [5.74, 6) is 0.600. The number of furan rings is 1. The van der Waals surface area contributed by atoms with Gasteiger partial charge >= 0.3 is 0 Å². The fraction of sp³-hybridized carbons (Fsp3) is 0. The molecule has 0 aliphatic rings. The third kappa shape index (κ3) is 4.27. The van der Waals surface area contributed by atoms with E-state index in [2.05, 4.69) is 126 Å². The summed E-state index contributed by atoms with van der Waals surface area (Å²) >= 11 is 0. The second-order valence-electron chi connectivity index (χ2n) is 11.2. The number of oxazole rings is 1. The van der Waals surface area contributed by atoms with E-state index in [1.165, 1.54) is 10.8 Å². The molecule has 0 spiro atoms. The Balaban J connectivity index is 1.28. The lowest BCUT2D eigenvalue weighted by Gasteiger charge is -2.28. The van der Waals surface area contributed by atoms with E-state index in [-0.39, 0.29) is 0 Å². The van der Waals surface area contributed by atoms with Crippen LogP contribution in [-0.4, -0.2) is 4.98 Å². The van der Waals surface area contributed by atoms with Gasteiger partial charge in [-0.3, -0.25) is 0 Å². The van der Waals surface area contributed by atoms with Crippen molar-refractivity contribution in [2.75, 3.05) is 4.90 Å². The Hall–Kier alpha value is -6.13. The third-order valence-corrected chi connectivity index (χ3v) is 8.47. The molecule has 9 rings (SSSR count). The highest BCUT2D eigenvalue weighted by atomic mass is 16.4. The smallest absolute Gasteiger partial charge is 0.227 e. The zero-order chi connectivity index (χ0) is 29.7. The first kappa shape index (κ1) is 25.4. The van der Waals surface area contributed by atoms with Gasteiger partial charge in [0, 0.05) is 33.7 Å². The molecule has 7 aromatic carbocycles. The molecule has 0 aliphatic heterocycles. The van der Waals surface area contributed by atoms with Crippen molar-refractivity contribution in [3.63, 3.8) is 0 Å². The molecule has 0 amide bonds. The third-order valence-electron chi connectivity index (χ3n) is 8.47. The summed E-state index contributed by atoms with van der Waals surface area (Å²) in [4.78, 5) is 7.11. The minimum atomic E-state index is 0.600. The van der Waals surface area contributed by atoms with Gasteiger partial charge in [0.2, 0.25) is 5.89 Å². The molecule has 0 aliphatic carbocycles. The number of hydrogen-bond donors (Lipinski definition) is 0. The van der Waals surface area contributed by atoms with Crippen molar-refractivity contribution >= 4 is 60.9 Å². The first-order valence-corrected chi connectivity index (χ1v) is 15.0. The van der Waals surface area contributed by atoms with Crippen LogP contribution in [0.1, 0.15) is 0 Å². The summed E-state index contributed by atoms with van der Waals surface area (Å²) in [6, 6.07) is 54.6. The molecular formula is C41H26N2O2. The average Bonchev–Trinajstić information content (AvgIpc) is 3.69. The van der Waals surface area contributed by atoms with Crippen LogP contribution >= 0.6 is 0 Å². The summed E-state index contributed by atoms with van der Waals surface area (Å²) in [5, 5.41) is 4.38. The van der Waals surface area contributed by atoms with Crippen molar-refractivity contribution in [2.45, 2.75) is 0 Å². The molecule has 0 radical (unpaired) electrons. The van der Waals surface area contributed by atoms with E-state index in [0.29, 0.717) is 5.89 Å². The van der Waals surface area contributed by atoms with Crippen molar-refractivity contribution < 1.29 is 8.83 Å². The molecule has 0 saturated carbocycles.